The highest BCUT2D eigenvalue weighted by molar-refractivity contribution is 5.62. The molecule has 0 atom stereocenters. The largest absolute Gasteiger partial charge is 0.492 e. The normalized spacial score (nSPS) is 14.4. The molecule has 0 unspecified atom stereocenters. The standard InChI is InChI=1S/C15H19N3O/c1-3-19-14-7-5-4-6-13(14)17-15-16-11(2)10-18(15)12-8-9-12/h4-7,10,12H,3,8-9H2,1-2H3,(H,16,17). The predicted molar refractivity (Wildman–Crippen MR) is 76.1 cm³/mol. The summed E-state index contributed by atoms with van der Waals surface area (Å²) in [6.07, 6.45) is 4.61. The van der Waals surface area contributed by atoms with Gasteiger partial charge in [0, 0.05) is 12.2 Å². The summed E-state index contributed by atoms with van der Waals surface area (Å²) in [5, 5.41) is 3.39. The molecule has 1 heterocycles. The summed E-state index contributed by atoms with van der Waals surface area (Å²) in [4.78, 5) is 4.56. The molecule has 1 aliphatic rings. The van der Waals surface area contributed by atoms with Gasteiger partial charge in [0.05, 0.1) is 18.0 Å². The van der Waals surface area contributed by atoms with Crippen molar-refractivity contribution in [2.24, 2.45) is 0 Å². The Balaban J connectivity index is 1.88. The molecule has 1 saturated carbocycles. The SMILES string of the molecule is CCOc1ccccc1Nc1nc(C)cn1C1CC1. The molecular formula is C15H19N3O. The van der Waals surface area contributed by atoms with Crippen molar-refractivity contribution in [1.29, 1.82) is 0 Å². The third kappa shape index (κ3) is 2.57. The van der Waals surface area contributed by atoms with Crippen LogP contribution in [0.15, 0.2) is 30.5 Å². The van der Waals surface area contributed by atoms with Crippen molar-refractivity contribution in [3.05, 3.63) is 36.2 Å². The molecule has 1 aromatic heterocycles. The minimum Gasteiger partial charge on any atom is -0.492 e. The van der Waals surface area contributed by atoms with Gasteiger partial charge in [-0.2, -0.15) is 0 Å². The van der Waals surface area contributed by atoms with Crippen LogP contribution in [0.1, 0.15) is 31.5 Å². The van der Waals surface area contributed by atoms with Gasteiger partial charge in [0.25, 0.3) is 0 Å². The van der Waals surface area contributed by atoms with E-state index in [1.54, 1.807) is 0 Å². The van der Waals surface area contributed by atoms with Crippen LogP contribution in [0, 0.1) is 6.92 Å². The fourth-order valence-electron chi connectivity index (χ4n) is 2.21. The molecule has 4 nitrogen and oxygen atoms in total. The van der Waals surface area contributed by atoms with Crippen LogP contribution < -0.4 is 10.1 Å². The van der Waals surface area contributed by atoms with Crippen molar-refractivity contribution in [1.82, 2.24) is 9.55 Å². The molecule has 4 heteroatoms. The van der Waals surface area contributed by atoms with E-state index in [0.717, 1.165) is 23.1 Å². The van der Waals surface area contributed by atoms with Crippen LogP contribution in [0.2, 0.25) is 0 Å². The Kier molecular flexibility index (Phi) is 3.15. The Morgan fingerprint density at radius 1 is 1.37 bits per heavy atom. The van der Waals surface area contributed by atoms with Gasteiger partial charge in [0.2, 0.25) is 5.95 Å². The molecule has 1 aromatic carbocycles. The van der Waals surface area contributed by atoms with E-state index in [4.69, 9.17) is 4.74 Å². The second-order valence-electron chi connectivity index (χ2n) is 4.90. The van der Waals surface area contributed by atoms with Crippen LogP contribution >= 0.6 is 0 Å². The molecule has 1 aliphatic carbocycles. The quantitative estimate of drug-likeness (QED) is 0.888. The lowest BCUT2D eigenvalue weighted by atomic mass is 10.3. The van der Waals surface area contributed by atoms with E-state index >= 15 is 0 Å². The van der Waals surface area contributed by atoms with Crippen LogP contribution in [0.4, 0.5) is 11.6 Å². The van der Waals surface area contributed by atoms with E-state index in [2.05, 4.69) is 21.1 Å². The molecule has 0 amide bonds. The van der Waals surface area contributed by atoms with Gasteiger partial charge in [-0.05, 0) is 38.8 Å². The highest BCUT2D eigenvalue weighted by atomic mass is 16.5. The third-order valence-electron chi connectivity index (χ3n) is 3.23. The number of benzene rings is 1. The second-order valence-corrected chi connectivity index (χ2v) is 4.90. The minimum atomic E-state index is 0.614. The summed E-state index contributed by atoms with van der Waals surface area (Å²) in [6, 6.07) is 8.59. The highest BCUT2D eigenvalue weighted by Crippen LogP contribution is 2.38. The number of imidazole rings is 1. The first-order valence-electron chi connectivity index (χ1n) is 6.82. The van der Waals surface area contributed by atoms with Crippen molar-refractivity contribution < 1.29 is 4.74 Å². The Labute approximate surface area is 113 Å². The van der Waals surface area contributed by atoms with Gasteiger partial charge in [-0.25, -0.2) is 4.98 Å². The zero-order valence-electron chi connectivity index (χ0n) is 11.4. The lowest BCUT2D eigenvalue weighted by Crippen LogP contribution is -2.03. The summed E-state index contributed by atoms with van der Waals surface area (Å²) < 4.78 is 7.87. The molecule has 100 valence electrons. The minimum absolute atomic E-state index is 0.614. The molecule has 1 fully saturated rings. The molecule has 1 N–H and O–H groups in total. The van der Waals surface area contributed by atoms with Gasteiger partial charge in [0.15, 0.2) is 0 Å². The van der Waals surface area contributed by atoms with E-state index in [-0.39, 0.29) is 0 Å². The lowest BCUT2D eigenvalue weighted by molar-refractivity contribution is 0.342. The van der Waals surface area contributed by atoms with E-state index in [0.29, 0.717) is 12.6 Å². The third-order valence-corrected chi connectivity index (χ3v) is 3.23. The molecular weight excluding hydrogens is 238 g/mol. The fourth-order valence-corrected chi connectivity index (χ4v) is 2.21. The van der Waals surface area contributed by atoms with Crippen LogP contribution in [-0.4, -0.2) is 16.2 Å². The van der Waals surface area contributed by atoms with Gasteiger partial charge in [0.1, 0.15) is 5.75 Å². The Bertz CT molecular complexity index is 573. The van der Waals surface area contributed by atoms with Gasteiger partial charge in [-0.15, -0.1) is 0 Å². The fraction of sp³-hybridized carbons (Fsp3) is 0.400. The average Bonchev–Trinajstić information content (AvgIpc) is 3.17. The number of nitrogens with one attached hydrogen (secondary N) is 1. The molecule has 2 aromatic rings. The number of hydrogen-bond acceptors (Lipinski definition) is 3. The number of ether oxygens (including phenoxy) is 1. The summed E-state index contributed by atoms with van der Waals surface area (Å²) >= 11 is 0. The van der Waals surface area contributed by atoms with Crippen molar-refractivity contribution in [2.75, 3.05) is 11.9 Å². The van der Waals surface area contributed by atoms with E-state index in [1.807, 2.05) is 38.1 Å². The number of hydrogen-bond donors (Lipinski definition) is 1. The Morgan fingerprint density at radius 2 is 2.16 bits per heavy atom. The van der Waals surface area contributed by atoms with Gasteiger partial charge < -0.3 is 14.6 Å². The Hall–Kier alpha value is -1.97. The van der Waals surface area contributed by atoms with Crippen molar-refractivity contribution in [2.45, 2.75) is 32.7 Å². The maximum absolute atomic E-state index is 5.63. The first-order chi connectivity index (χ1) is 9.28. The summed E-state index contributed by atoms with van der Waals surface area (Å²) in [5.74, 6) is 1.78. The molecule has 0 spiro atoms. The van der Waals surface area contributed by atoms with Crippen LogP contribution in [0.25, 0.3) is 0 Å². The predicted octanol–water partition coefficient (Wildman–Crippen LogP) is 3.67. The Morgan fingerprint density at radius 3 is 2.89 bits per heavy atom. The number of para-hydroxylation sites is 2. The molecule has 0 saturated heterocycles. The molecule has 0 bridgehead atoms. The second kappa shape index (κ2) is 4.96. The molecule has 19 heavy (non-hydrogen) atoms. The molecule has 0 radical (unpaired) electrons. The summed E-state index contributed by atoms with van der Waals surface area (Å²) in [5.41, 5.74) is 2.01. The van der Waals surface area contributed by atoms with Crippen LogP contribution in [-0.2, 0) is 0 Å². The van der Waals surface area contributed by atoms with Gasteiger partial charge in [-0.3, -0.25) is 0 Å². The van der Waals surface area contributed by atoms with Crippen LogP contribution in [0.3, 0.4) is 0 Å². The molecule has 0 aliphatic heterocycles. The smallest absolute Gasteiger partial charge is 0.207 e. The zero-order chi connectivity index (χ0) is 13.2. The van der Waals surface area contributed by atoms with E-state index in [1.165, 1.54) is 12.8 Å². The number of aryl methyl sites for hydroxylation is 1. The van der Waals surface area contributed by atoms with Crippen LogP contribution in [0.5, 0.6) is 5.75 Å². The summed E-state index contributed by atoms with van der Waals surface area (Å²) in [7, 11) is 0. The van der Waals surface area contributed by atoms with Crippen molar-refractivity contribution in [3.8, 4) is 5.75 Å². The zero-order valence-corrected chi connectivity index (χ0v) is 11.4. The number of aromatic nitrogens is 2. The van der Waals surface area contributed by atoms with Gasteiger partial charge >= 0.3 is 0 Å². The van der Waals surface area contributed by atoms with Gasteiger partial charge in [-0.1, -0.05) is 12.1 Å². The molecule has 3 rings (SSSR count). The van der Waals surface area contributed by atoms with Crippen molar-refractivity contribution in [3.63, 3.8) is 0 Å². The van der Waals surface area contributed by atoms with E-state index < -0.39 is 0 Å². The monoisotopic (exact) mass is 257 g/mol. The topological polar surface area (TPSA) is 39.1 Å². The number of rotatable bonds is 5. The first kappa shape index (κ1) is 12.1. The maximum Gasteiger partial charge on any atom is 0.207 e. The van der Waals surface area contributed by atoms with Crippen molar-refractivity contribution >= 4 is 11.6 Å². The maximum atomic E-state index is 5.63. The lowest BCUT2D eigenvalue weighted by Gasteiger charge is -2.12. The highest BCUT2D eigenvalue weighted by Gasteiger charge is 2.26. The number of nitrogens with zero attached hydrogens (tertiary/aromatic N) is 2. The number of anilines is 2. The average molecular weight is 257 g/mol. The van der Waals surface area contributed by atoms with E-state index in [9.17, 15) is 0 Å². The first-order valence-corrected chi connectivity index (χ1v) is 6.82. The summed E-state index contributed by atoms with van der Waals surface area (Å²) in [6.45, 7) is 4.68.